The Morgan fingerprint density at radius 1 is 1.42 bits per heavy atom. The van der Waals surface area contributed by atoms with Crippen LogP contribution in [0.2, 0.25) is 0 Å². The predicted molar refractivity (Wildman–Crippen MR) is 31.7 cm³/mol. The Balaban J connectivity index is 3.59. The second-order valence-electron chi connectivity index (χ2n) is 2.02. The fourth-order valence-corrected chi connectivity index (χ4v) is 0.263. The van der Waals surface area contributed by atoms with Crippen molar-refractivity contribution in [1.29, 1.82) is 0 Å². The molecule has 12 heavy (non-hydrogen) atoms. The molecule has 0 heterocycles. The van der Waals surface area contributed by atoms with Crippen molar-refractivity contribution in [2.75, 3.05) is 0 Å². The largest absolute Gasteiger partial charge is 0.541 e. The second-order valence-corrected chi connectivity index (χ2v) is 2.02. The summed E-state index contributed by atoms with van der Waals surface area (Å²) in [7, 11) is 0. The Bertz CT molecular complexity index is 120. The lowest BCUT2D eigenvalue weighted by Crippen LogP contribution is -2.26. The van der Waals surface area contributed by atoms with Crippen molar-refractivity contribution < 1.29 is 33.7 Å². The van der Waals surface area contributed by atoms with Gasteiger partial charge in [-0.2, -0.15) is 0 Å². The van der Waals surface area contributed by atoms with E-state index in [0.29, 0.717) is 6.42 Å². The minimum Gasteiger partial charge on any atom is -0.226 e. The van der Waals surface area contributed by atoms with Gasteiger partial charge in [0.15, 0.2) is 0 Å². The number of rotatable bonds is 6. The molecule has 1 N–H and O–H groups in total. The van der Waals surface area contributed by atoms with E-state index in [1.807, 2.05) is 0 Å². The summed E-state index contributed by atoms with van der Waals surface area (Å²) in [6.45, 7) is 3.24. The third kappa shape index (κ3) is 5.33. The van der Waals surface area contributed by atoms with Gasteiger partial charge in [0.25, 0.3) is 0 Å². The first-order valence-corrected chi connectivity index (χ1v) is 3.23. The Hall–Kier alpha value is -0.340. The molecule has 7 heteroatoms. The van der Waals surface area contributed by atoms with E-state index in [-0.39, 0.29) is 0 Å². The predicted octanol–water partition coefficient (Wildman–Crippen LogP) is 1.70. The van der Waals surface area contributed by atoms with Crippen molar-refractivity contribution in [2.45, 2.75) is 32.7 Å². The molecular weight excluding hydrogens is 178 g/mol. The van der Waals surface area contributed by atoms with E-state index in [1.54, 1.807) is 6.92 Å². The maximum Gasteiger partial charge on any atom is 0.541 e. The van der Waals surface area contributed by atoms with Crippen molar-refractivity contribution in [3.8, 4) is 0 Å². The summed E-state index contributed by atoms with van der Waals surface area (Å²) in [4.78, 5) is 10.6. The molecule has 0 aliphatic heterocycles. The van der Waals surface area contributed by atoms with E-state index in [0.717, 1.165) is 0 Å². The Kier molecular flexibility index (Phi) is 5.18. The zero-order chi connectivity index (χ0) is 9.61. The van der Waals surface area contributed by atoms with Gasteiger partial charge in [0.1, 0.15) is 0 Å². The van der Waals surface area contributed by atoms with Gasteiger partial charge < -0.3 is 0 Å². The summed E-state index contributed by atoms with van der Waals surface area (Å²) in [6.07, 6.45) is -4.12. The highest BCUT2D eigenvalue weighted by Crippen LogP contribution is 2.18. The highest BCUT2D eigenvalue weighted by molar-refractivity contribution is 4.38. The first-order valence-electron chi connectivity index (χ1n) is 3.23. The van der Waals surface area contributed by atoms with Gasteiger partial charge in [-0.3, -0.25) is 0 Å². The van der Waals surface area contributed by atoms with Crippen LogP contribution in [0, 0.1) is 0 Å². The first kappa shape index (κ1) is 11.7. The quantitative estimate of drug-likeness (QED) is 0.390. The van der Waals surface area contributed by atoms with Gasteiger partial charge in [0.05, 0.1) is 6.10 Å². The van der Waals surface area contributed by atoms with Crippen molar-refractivity contribution in [1.82, 2.24) is 0 Å². The minimum atomic E-state index is -4.11. The molecule has 0 aromatic carbocycles. The van der Waals surface area contributed by atoms with Crippen LogP contribution in [0.3, 0.4) is 0 Å². The molecule has 0 aliphatic rings. The molecule has 5 nitrogen and oxygen atoms in total. The van der Waals surface area contributed by atoms with E-state index < -0.39 is 12.4 Å². The molecule has 0 spiro atoms. The summed E-state index contributed by atoms with van der Waals surface area (Å²) in [6, 6.07) is 0. The van der Waals surface area contributed by atoms with Gasteiger partial charge in [-0.25, -0.2) is 10.1 Å². The zero-order valence-corrected chi connectivity index (χ0v) is 6.62. The van der Waals surface area contributed by atoms with E-state index in [1.165, 1.54) is 6.92 Å². The number of hydrogen-bond acceptors (Lipinski definition) is 5. The SMILES string of the molecule is CCC(C)OOC(F)(F)OOO. The van der Waals surface area contributed by atoms with Crippen molar-refractivity contribution in [2.24, 2.45) is 0 Å². The smallest absolute Gasteiger partial charge is 0.226 e. The average molecular weight is 188 g/mol. The summed E-state index contributed by atoms with van der Waals surface area (Å²) in [5, 5.41) is 10.2. The Morgan fingerprint density at radius 3 is 2.42 bits per heavy atom. The third-order valence-corrected chi connectivity index (χ3v) is 1.02. The summed E-state index contributed by atoms with van der Waals surface area (Å²) >= 11 is 0. The maximum absolute atomic E-state index is 12.1. The molecule has 74 valence electrons. The van der Waals surface area contributed by atoms with Gasteiger partial charge in [-0.05, 0) is 13.3 Å². The monoisotopic (exact) mass is 188 g/mol. The summed E-state index contributed by atoms with van der Waals surface area (Å²) < 4.78 is 24.1. The molecule has 0 amide bonds. The molecule has 0 fully saturated rings. The molecule has 0 aliphatic carbocycles. The van der Waals surface area contributed by atoms with Crippen LogP contribution in [0.4, 0.5) is 8.78 Å². The van der Waals surface area contributed by atoms with E-state index >= 15 is 0 Å². The van der Waals surface area contributed by atoms with Crippen molar-refractivity contribution in [3.05, 3.63) is 0 Å². The van der Waals surface area contributed by atoms with Crippen LogP contribution >= 0.6 is 0 Å². The van der Waals surface area contributed by atoms with Gasteiger partial charge in [0, 0.05) is 0 Å². The zero-order valence-electron chi connectivity index (χ0n) is 6.62. The van der Waals surface area contributed by atoms with Crippen LogP contribution in [0.25, 0.3) is 0 Å². The molecule has 0 bridgehead atoms. The average Bonchev–Trinajstić information content (AvgIpc) is 2.00. The van der Waals surface area contributed by atoms with Crippen LogP contribution in [0.1, 0.15) is 20.3 Å². The minimum absolute atomic E-state index is 0.496. The van der Waals surface area contributed by atoms with Crippen LogP contribution in [0.5, 0.6) is 0 Å². The van der Waals surface area contributed by atoms with Gasteiger partial charge in [0.2, 0.25) is 0 Å². The van der Waals surface area contributed by atoms with Crippen molar-refractivity contribution in [3.63, 3.8) is 0 Å². The van der Waals surface area contributed by atoms with Crippen LogP contribution in [0.15, 0.2) is 0 Å². The van der Waals surface area contributed by atoms with Crippen LogP contribution < -0.4 is 0 Å². The van der Waals surface area contributed by atoms with Crippen LogP contribution in [-0.2, 0) is 19.7 Å². The lowest BCUT2D eigenvalue weighted by molar-refractivity contribution is -0.652. The molecular formula is C5H10F2O5. The lowest BCUT2D eigenvalue weighted by atomic mass is 10.3. The van der Waals surface area contributed by atoms with Crippen molar-refractivity contribution >= 4 is 0 Å². The molecule has 0 aromatic heterocycles. The van der Waals surface area contributed by atoms with E-state index in [4.69, 9.17) is 5.26 Å². The molecule has 0 aromatic rings. The Morgan fingerprint density at radius 2 is 2.00 bits per heavy atom. The molecule has 0 rings (SSSR count). The van der Waals surface area contributed by atoms with E-state index in [9.17, 15) is 8.78 Å². The topological polar surface area (TPSA) is 57.2 Å². The van der Waals surface area contributed by atoms with Gasteiger partial charge in [-0.1, -0.05) is 12.0 Å². The fraction of sp³-hybridized carbons (Fsp3) is 1.00. The molecule has 0 saturated heterocycles. The highest BCUT2D eigenvalue weighted by atomic mass is 19.3. The Labute approximate surface area is 67.6 Å². The number of alkyl halides is 2. The van der Waals surface area contributed by atoms with Gasteiger partial charge >= 0.3 is 6.29 Å². The molecule has 1 unspecified atom stereocenters. The number of halogens is 2. The summed E-state index contributed by atoms with van der Waals surface area (Å²) in [5.74, 6) is 0. The molecule has 0 saturated carbocycles. The standard InChI is InChI=1S/C5H10F2O5/c1-3-4(2)9-10-5(6,7)11-12-8/h4,8H,3H2,1-2H3. The number of hydrogen-bond donors (Lipinski definition) is 1. The summed E-state index contributed by atoms with van der Waals surface area (Å²) in [5.41, 5.74) is 0. The lowest BCUT2D eigenvalue weighted by Gasteiger charge is -2.14. The first-order chi connectivity index (χ1) is 5.52. The second kappa shape index (κ2) is 5.33. The molecule has 0 radical (unpaired) electrons. The maximum atomic E-state index is 12.1. The van der Waals surface area contributed by atoms with E-state index in [2.05, 4.69) is 19.7 Å². The van der Waals surface area contributed by atoms with Gasteiger partial charge in [-0.15, -0.1) is 18.6 Å². The third-order valence-electron chi connectivity index (χ3n) is 1.02. The molecule has 1 atom stereocenters. The normalized spacial score (nSPS) is 14.8. The highest BCUT2D eigenvalue weighted by Gasteiger charge is 2.36. The van der Waals surface area contributed by atoms with Crippen LogP contribution in [-0.4, -0.2) is 17.7 Å². The fourth-order valence-electron chi connectivity index (χ4n) is 0.263.